The Morgan fingerprint density at radius 2 is 1.95 bits per heavy atom. The van der Waals surface area contributed by atoms with Gasteiger partial charge in [0.15, 0.2) is 0 Å². The molecule has 0 radical (unpaired) electrons. The van der Waals surface area contributed by atoms with Gasteiger partial charge in [-0.2, -0.15) is 0 Å². The van der Waals surface area contributed by atoms with Crippen LogP contribution in [0.3, 0.4) is 0 Å². The van der Waals surface area contributed by atoms with Gasteiger partial charge in [-0.15, -0.1) is 11.8 Å². The van der Waals surface area contributed by atoms with Gasteiger partial charge in [-0.05, 0) is 37.3 Å². The summed E-state index contributed by atoms with van der Waals surface area (Å²) >= 11 is 7.16. The SMILES string of the molecule is Cc1c(NC(=O)CSc2ccc(Cl)cc2)cccc1[N+](=O)[O-]. The molecule has 0 aromatic heterocycles. The van der Waals surface area contributed by atoms with Crippen molar-refractivity contribution < 1.29 is 9.72 Å². The third kappa shape index (κ3) is 4.22. The van der Waals surface area contributed by atoms with Crippen molar-refractivity contribution in [3.8, 4) is 0 Å². The van der Waals surface area contributed by atoms with Crippen molar-refractivity contribution in [2.75, 3.05) is 11.1 Å². The standard InChI is InChI=1S/C15H13ClN2O3S/c1-10-13(3-2-4-14(10)18(20)21)17-15(19)9-22-12-7-5-11(16)6-8-12/h2-8H,9H2,1H3,(H,17,19). The van der Waals surface area contributed by atoms with Gasteiger partial charge < -0.3 is 5.32 Å². The van der Waals surface area contributed by atoms with Crippen molar-refractivity contribution in [3.63, 3.8) is 0 Å². The molecule has 114 valence electrons. The Kier molecular flexibility index (Phi) is 5.41. The molecule has 0 saturated heterocycles. The van der Waals surface area contributed by atoms with Gasteiger partial charge in [0.05, 0.1) is 21.9 Å². The van der Waals surface area contributed by atoms with E-state index in [-0.39, 0.29) is 17.3 Å². The molecular weight excluding hydrogens is 324 g/mol. The van der Waals surface area contributed by atoms with E-state index in [1.165, 1.54) is 17.8 Å². The smallest absolute Gasteiger partial charge is 0.274 e. The molecule has 0 unspecified atom stereocenters. The zero-order valence-corrected chi connectivity index (χ0v) is 13.3. The topological polar surface area (TPSA) is 72.2 Å². The molecule has 2 aromatic carbocycles. The fraction of sp³-hybridized carbons (Fsp3) is 0.133. The number of hydrogen-bond donors (Lipinski definition) is 1. The molecule has 2 rings (SSSR count). The molecule has 0 spiro atoms. The van der Waals surface area contributed by atoms with Crippen molar-refractivity contribution in [1.82, 2.24) is 0 Å². The monoisotopic (exact) mass is 336 g/mol. The van der Waals surface area contributed by atoms with Gasteiger partial charge in [0.1, 0.15) is 0 Å². The third-order valence-electron chi connectivity index (χ3n) is 2.96. The zero-order valence-electron chi connectivity index (χ0n) is 11.7. The molecule has 5 nitrogen and oxygen atoms in total. The first-order valence-corrected chi connectivity index (χ1v) is 7.76. The van der Waals surface area contributed by atoms with Gasteiger partial charge in [-0.25, -0.2) is 0 Å². The molecule has 1 amide bonds. The minimum absolute atomic E-state index is 0.0110. The van der Waals surface area contributed by atoms with Crippen LogP contribution in [0.4, 0.5) is 11.4 Å². The minimum Gasteiger partial charge on any atom is -0.325 e. The van der Waals surface area contributed by atoms with E-state index in [1.807, 2.05) is 12.1 Å². The number of nitro benzene ring substituents is 1. The summed E-state index contributed by atoms with van der Waals surface area (Å²) in [6.45, 7) is 1.61. The van der Waals surface area contributed by atoms with E-state index >= 15 is 0 Å². The minimum atomic E-state index is -0.465. The lowest BCUT2D eigenvalue weighted by atomic mass is 10.1. The second kappa shape index (κ2) is 7.29. The normalized spacial score (nSPS) is 10.3. The fourth-order valence-corrected chi connectivity index (χ4v) is 2.65. The molecule has 0 aliphatic heterocycles. The number of anilines is 1. The predicted octanol–water partition coefficient (Wildman–Crippen LogP) is 4.29. The fourth-order valence-electron chi connectivity index (χ4n) is 1.82. The highest BCUT2D eigenvalue weighted by molar-refractivity contribution is 8.00. The lowest BCUT2D eigenvalue weighted by Gasteiger charge is -2.08. The summed E-state index contributed by atoms with van der Waals surface area (Å²) < 4.78 is 0. The number of nitrogens with one attached hydrogen (secondary N) is 1. The van der Waals surface area contributed by atoms with Gasteiger partial charge in [-0.1, -0.05) is 17.7 Å². The molecule has 0 bridgehead atoms. The van der Waals surface area contributed by atoms with Crippen molar-refractivity contribution in [1.29, 1.82) is 0 Å². The number of rotatable bonds is 5. The van der Waals surface area contributed by atoms with Crippen molar-refractivity contribution in [2.45, 2.75) is 11.8 Å². The summed E-state index contributed by atoms with van der Waals surface area (Å²) in [5.74, 6) is -0.00687. The average molecular weight is 337 g/mol. The maximum atomic E-state index is 12.0. The van der Waals surface area contributed by atoms with Crippen LogP contribution in [0, 0.1) is 17.0 Å². The van der Waals surface area contributed by atoms with Crippen molar-refractivity contribution in [3.05, 3.63) is 63.2 Å². The molecule has 0 saturated carbocycles. The highest BCUT2D eigenvalue weighted by atomic mass is 35.5. The van der Waals surface area contributed by atoms with E-state index in [9.17, 15) is 14.9 Å². The Balaban J connectivity index is 1.99. The number of hydrogen-bond acceptors (Lipinski definition) is 4. The Morgan fingerprint density at radius 1 is 1.27 bits per heavy atom. The summed E-state index contributed by atoms with van der Waals surface area (Å²) in [5.41, 5.74) is 0.886. The van der Waals surface area contributed by atoms with Crippen LogP contribution in [0.2, 0.25) is 5.02 Å². The Hall–Kier alpha value is -2.05. The van der Waals surface area contributed by atoms with Crippen LogP contribution in [0.1, 0.15) is 5.56 Å². The number of amides is 1. The van der Waals surface area contributed by atoms with E-state index in [0.717, 1.165) is 4.90 Å². The molecule has 0 aliphatic carbocycles. The Morgan fingerprint density at radius 3 is 2.59 bits per heavy atom. The van der Waals surface area contributed by atoms with Crippen LogP contribution in [-0.4, -0.2) is 16.6 Å². The first kappa shape index (κ1) is 16.3. The van der Waals surface area contributed by atoms with Crippen LogP contribution in [-0.2, 0) is 4.79 Å². The van der Waals surface area contributed by atoms with Crippen molar-refractivity contribution >= 4 is 40.6 Å². The lowest BCUT2D eigenvalue weighted by Crippen LogP contribution is -2.15. The number of nitrogens with zero attached hydrogens (tertiary/aromatic N) is 1. The van der Waals surface area contributed by atoms with Crippen LogP contribution >= 0.6 is 23.4 Å². The molecule has 1 N–H and O–H groups in total. The second-order valence-electron chi connectivity index (χ2n) is 4.50. The van der Waals surface area contributed by atoms with E-state index in [1.54, 1.807) is 31.2 Å². The summed E-state index contributed by atoms with van der Waals surface area (Å²) in [6, 6.07) is 11.8. The molecule has 22 heavy (non-hydrogen) atoms. The van der Waals surface area contributed by atoms with E-state index in [2.05, 4.69) is 5.32 Å². The molecule has 0 aliphatic rings. The largest absolute Gasteiger partial charge is 0.325 e. The van der Waals surface area contributed by atoms with Gasteiger partial charge >= 0.3 is 0 Å². The summed E-state index contributed by atoms with van der Waals surface area (Å²) in [5, 5.41) is 14.2. The average Bonchev–Trinajstić information content (AvgIpc) is 2.48. The number of halogens is 1. The quantitative estimate of drug-likeness (QED) is 0.502. The van der Waals surface area contributed by atoms with Gasteiger partial charge in [0, 0.05) is 16.0 Å². The summed E-state index contributed by atoms with van der Waals surface area (Å²) in [6.07, 6.45) is 0. The molecule has 0 atom stereocenters. The van der Waals surface area contributed by atoms with Crippen LogP contribution in [0.5, 0.6) is 0 Å². The molecule has 0 fully saturated rings. The van der Waals surface area contributed by atoms with Gasteiger partial charge in [0.2, 0.25) is 5.91 Å². The zero-order chi connectivity index (χ0) is 16.1. The maximum Gasteiger partial charge on any atom is 0.274 e. The molecular formula is C15H13ClN2O3S. The highest BCUT2D eigenvalue weighted by Crippen LogP contribution is 2.26. The third-order valence-corrected chi connectivity index (χ3v) is 4.22. The summed E-state index contributed by atoms with van der Waals surface area (Å²) in [4.78, 5) is 23.3. The van der Waals surface area contributed by atoms with Crippen LogP contribution < -0.4 is 5.32 Å². The highest BCUT2D eigenvalue weighted by Gasteiger charge is 2.14. The lowest BCUT2D eigenvalue weighted by molar-refractivity contribution is -0.385. The summed E-state index contributed by atoms with van der Waals surface area (Å²) in [7, 11) is 0. The van der Waals surface area contributed by atoms with Gasteiger partial charge in [0.25, 0.3) is 5.69 Å². The van der Waals surface area contributed by atoms with E-state index in [0.29, 0.717) is 16.3 Å². The number of thioether (sulfide) groups is 1. The van der Waals surface area contributed by atoms with Crippen LogP contribution in [0.15, 0.2) is 47.4 Å². The molecule has 7 heteroatoms. The first-order chi connectivity index (χ1) is 10.5. The van der Waals surface area contributed by atoms with E-state index in [4.69, 9.17) is 11.6 Å². The number of benzene rings is 2. The van der Waals surface area contributed by atoms with Crippen LogP contribution in [0.25, 0.3) is 0 Å². The Labute approximate surface area is 136 Å². The predicted molar refractivity (Wildman–Crippen MR) is 88.6 cm³/mol. The number of nitro groups is 1. The molecule has 0 heterocycles. The maximum absolute atomic E-state index is 12.0. The van der Waals surface area contributed by atoms with E-state index < -0.39 is 4.92 Å². The number of carbonyl (C=O) groups excluding carboxylic acids is 1. The first-order valence-electron chi connectivity index (χ1n) is 6.39. The molecule has 2 aromatic rings. The number of carbonyl (C=O) groups is 1. The van der Waals surface area contributed by atoms with Crippen molar-refractivity contribution in [2.24, 2.45) is 0 Å². The Bertz CT molecular complexity index is 704. The second-order valence-corrected chi connectivity index (χ2v) is 5.98. The van der Waals surface area contributed by atoms with Gasteiger partial charge in [-0.3, -0.25) is 14.9 Å².